The van der Waals surface area contributed by atoms with E-state index in [9.17, 15) is 14.7 Å². The lowest BCUT2D eigenvalue weighted by atomic mass is 10.1. The van der Waals surface area contributed by atoms with E-state index in [2.05, 4.69) is 0 Å². The molecule has 2 heterocycles. The van der Waals surface area contributed by atoms with Crippen LogP contribution in [0.3, 0.4) is 0 Å². The molecule has 0 spiro atoms. The van der Waals surface area contributed by atoms with Crippen molar-refractivity contribution in [3.8, 4) is 11.5 Å². The number of ether oxygens (including phenoxy) is 1. The first-order valence-corrected chi connectivity index (χ1v) is 9.14. The average Bonchev–Trinajstić information content (AvgIpc) is 2.73. The van der Waals surface area contributed by atoms with Crippen LogP contribution >= 0.6 is 0 Å². The summed E-state index contributed by atoms with van der Waals surface area (Å²) in [6.45, 7) is 2.23. The van der Waals surface area contributed by atoms with Gasteiger partial charge in [0.2, 0.25) is 5.43 Å². The Hall–Kier alpha value is -3.80. The second-order valence-electron chi connectivity index (χ2n) is 6.77. The largest absolute Gasteiger partial charge is 0.503 e. The van der Waals surface area contributed by atoms with Gasteiger partial charge in [-0.3, -0.25) is 4.79 Å². The zero-order valence-electron chi connectivity index (χ0n) is 15.8. The zero-order valence-corrected chi connectivity index (χ0v) is 15.8. The van der Waals surface area contributed by atoms with E-state index >= 15 is 0 Å². The van der Waals surface area contributed by atoms with E-state index in [0.29, 0.717) is 29.2 Å². The summed E-state index contributed by atoms with van der Waals surface area (Å²) < 4.78 is 12.9. The SMILES string of the molecule is Cc1c(O)c(=O)ccn1Cc1cc2ccc(OCc3ccccc3)cc2oc1=O. The maximum atomic E-state index is 12.4. The van der Waals surface area contributed by atoms with Gasteiger partial charge < -0.3 is 18.8 Å². The molecule has 0 aliphatic heterocycles. The van der Waals surface area contributed by atoms with Gasteiger partial charge in [0.1, 0.15) is 17.9 Å². The predicted molar refractivity (Wildman–Crippen MR) is 109 cm³/mol. The minimum atomic E-state index is -0.477. The number of hydrogen-bond donors (Lipinski definition) is 1. The van der Waals surface area contributed by atoms with Crippen molar-refractivity contribution in [3.05, 3.63) is 104 Å². The summed E-state index contributed by atoms with van der Waals surface area (Å²) >= 11 is 0. The molecule has 1 N–H and O–H groups in total. The van der Waals surface area contributed by atoms with E-state index in [0.717, 1.165) is 10.9 Å². The molecule has 29 heavy (non-hydrogen) atoms. The Kier molecular flexibility index (Phi) is 4.91. The number of aromatic nitrogens is 1. The molecule has 0 unspecified atom stereocenters. The lowest BCUT2D eigenvalue weighted by Gasteiger charge is -2.11. The van der Waals surface area contributed by atoms with Gasteiger partial charge in [0.05, 0.1) is 17.8 Å². The maximum absolute atomic E-state index is 12.4. The molecular weight excluding hydrogens is 370 g/mol. The second kappa shape index (κ2) is 7.67. The van der Waals surface area contributed by atoms with Crippen LogP contribution in [0.15, 0.2) is 80.9 Å². The van der Waals surface area contributed by atoms with Crippen LogP contribution < -0.4 is 15.8 Å². The number of rotatable bonds is 5. The molecule has 0 aliphatic carbocycles. The minimum absolute atomic E-state index is 0.185. The van der Waals surface area contributed by atoms with E-state index in [1.807, 2.05) is 42.5 Å². The number of fused-ring (bicyclic) bond motifs is 1. The second-order valence-corrected chi connectivity index (χ2v) is 6.77. The van der Waals surface area contributed by atoms with Crippen molar-refractivity contribution in [1.29, 1.82) is 0 Å². The first kappa shape index (κ1) is 18.6. The summed E-state index contributed by atoms with van der Waals surface area (Å²) in [6.07, 6.45) is 1.54. The van der Waals surface area contributed by atoms with Crippen molar-refractivity contribution < 1.29 is 14.3 Å². The molecule has 6 heteroatoms. The predicted octanol–water partition coefficient (Wildman–Crippen LogP) is 3.60. The van der Waals surface area contributed by atoms with Gasteiger partial charge in [-0.05, 0) is 30.7 Å². The lowest BCUT2D eigenvalue weighted by molar-refractivity contribution is 0.306. The number of aromatic hydroxyl groups is 1. The molecule has 0 atom stereocenters. The van der Waals surface area contributed by atoms with Crippen LogP contribution in [0.25, 0.3) is 11.0 Å². The number of nitrogens with zero attached hydrogens (tertiary/aromatic N) is 1. The fourth-order valence-electron chi connectivity index (χ4n) is 3.09. The van der Waals surface area contributed by atoms with Gasteiger partial charge in [-0.1, -0.05) is 30.3 Å². The monoisotopic (exact) mass is 389 g/mol. The minimum Gasteiger partial charge on any atom is -0.503 e. The Morgan fingerprint density at radius 3 is 2.62 bits per heavy atom. The summed E-state index contributed by atoms with van der Waals surface area (Å²) in [5.74, 6) is 0.288. The van der Waals surface area contributed by atoms with Crippen LogP contribution in [0.5, 0.6) is 11.5 Å². The van der Waals surface area contributed by atoms with Crippen LogP contribution in [0.1, 0.15) is 16.8 Å². The van der Waals surface area contributed by atoms with Gasteiger partial charge >= 0.3 is 5.63 Å². The molecule has 6 nitrogen and oxygen atoms in total. The van der Waals surface area contributed by atoms with Crippen LogP contribution in [-0.2, 0) is 13.2 Å². The first-order chi connectivity index (χ1) is 14.0. The van der Waals surface area contributed by atoms with Crippen LogP contribution in [0.4, 0.5) is 0 Å². The summed E-state index contributed by atoms with van der Waals surface area (Å²) in [5.41, 5.74) is 1.36. The van der Waals surface area contributed by atoms with Gasteiger partial charge in [-0.2, -0.15) is 0 Å². The van der Waals surface area contributed by atoms with Crippen molar-refractivity contribution in [1.82, 2.24) is 4.57 Å². The molecule has 0 fully saturated rings. The van der Waals surface area contributed by atoms with Crippen molar-refractivity contribution >= 4 is 11.0 Å². The molecule has 0 saturated heterocycles. The Labute approximate surface area is 166 Å². The molecule has 2 aromatic heterocycles. The van der Waals surface area contributed by atoms with Crippen molar-refractivity contribution in [2.75, 3.05) is 0 Å². The Morgan fingerprint density at radius 2 is 1.83 bits per heavy atom. The molecule has 0 saturated carbocycles. The highest BCUT2D eigenvalue weighted by atomic mass is 16.5. The molecule has 0 radical (unpaired) electrons. The van der Waals surface area contributed by atoms with Crippen LogP contribution in [0.2, 0.25) is 0 Å². The van der Waals surface area contributed by atoms with Gasteiger partial charge in [-0.15, -0.1) is 0 Å². The number of pyridine rings is 1. The van der Waals surface area contributed by atoms with E-state index in [4.69, 9.17) is 9.15 Å². The summed E-state index contributed by atoms with van der Waals surface area (Å²) in [6, 6.07) is 18.2. The van der Waals surface area contributed by atoms with Gasteiger partial charge in [0.25, 0.3) is 0 Å². The molecule has 0 amide bonds. The van der Waals surface area contributed by atoms with Crippen LogP contribution in [-0.4, -0.2) is 9.67 Å². The Bertz CT molecular complexity index is 1290. The third kappa shape index (κ3) is 3.91. The van der Waals surface area contributed by atoms with E-state index in [1.54, 1.807) is 29.8 Å². The fraction of sp³-hybridized carbons (Fsp3) is 0.130. The molecule has 146 valence electrons. The van der Waals surface area contributed by atoms with Gasteiger partial charge in [-0.25, -0.2) is 4.79 Å². The Morgan fingerprint density at radius 1 is 1.03 bits per heavy atom. The summed E-state index contributed by atoms with van der Waals surface area (Å²) in [5, 5.41) is 10.6. The normalized spacial score (nSPS) is 10.9. The van der Waals surface area contributed by atoms with Crippen molar-refractivity contribution in [3.63, 3.8) is 0 Å². The zero-order chi connectivity index (χ0) is 20.4. The van der Waals surface area contributed by atoms with Gasteiger partial charge in [0.15, 0.2) is 5.75 Å². The van der Waals surface area contributed by atoms with Gasteiger partial charge in [0, 0.05) is 23.7 Å². The molecule has 0 aliphatic rings. The molecule has 4 rings (SSSR count). The quantitative estimate of drug-likeness (QED) is 0.528. The third-order valence-corrected chi connectivity index (χ3v) is 4.78. The smallest absolute Gasteiger partial charge is 0.341 e. The van der Waals surface area contributed by atoms with Crippen molar-refractivity contribution in [2.24, 2.45) is 0 Å². The molecule has 0 bridgehead atoms. The molecular formula is C23H19NO5. The van der Waals surface area contributed by atoms with Crippen LogP contribution in [0, 0.1) is 6.92 Å². The number of hydrogen-bond acceptors (Lipinski definition) is 5. The highest BCUT2D eigenvalue weighted by Crippen LogP contribution is 2.22. The first-order valence-electron chi connectivity index (χ1n) is 9.14. The highest BCUT2D eigenvalue weighted by Gasteiger charge is 2.11. The summed E-state index contributed by atoms with van der Waals surface area (Å²) in [4.78, 5) is 24.0. The third-order valence-electron chi connectivity index (χ3n) is 4.78. The van der Waals surface area contributed by atoms with Crippen molar-refractivity contribution in [2.45, 2.75) is 20.1 Å². The molecule has 4 aromatic rings. The van der Waals surface area contributed by atoms with E-state index < -0.39 is 11.1 Å². The number of benzene rings is 2. The maximum Gasteiger partial charge on any atom is 0.341 e. The Balaban J connectivity index is 1.60. The van der Waals surface area contributed by atoms with E-state index in [-0.39, 0.29) is 12.3 Å². The highest BCUT2D eigenvalue weighted by molar-refractivity contribution is 5.78. The topological polar surface area (TPSA) is 81.7 Å². The standard InChI is InChI=1S/C23H19NO5/c1-15-22(26)20(25)9-10-24(15)13-18-11-17-7-8-19(12-21(17)29-23(18)27)28-14-16-5-3-2-4-6-16/h2-12,26H,13-14H2,1H3. The average molecular weight is 389 g/mol. The van der Waals surface area contributed by atoms with E-state index in [1.165, 1.54) is 6.07 Å². The summed E-state index contributed by atoms with van der Waals surface area (Å²) in [7, 11) is 0. The lowest BCUT2D eigenvalue weighted by Crippen LogP contribution is -2.15. The fourth-order valence-corrected chi connectivity index (χ4v) is 3.09. The molecule has 2 aromatic carbocycles.